The normalized spacial score (nSPS) is 11.6. The Bertz CT molecular complexity index is 730. The Kier molecular flexibility index (Phi) is 6.54. The van der Waals surface area contributed by atoms with Gasteiger partial charge in [0.15, 0.2) is 6.04 Å². The fourth-order valence-electron chi connectivity index (χ4n) is 2.38. The lowest BCUT2D eigenvalue weighted by Gasteiger charge is -2.17. The van der Waals surface area contributed by atoms with Crippen LogP contribution in [0.3, 0.4) is 0 Å². The number of rotatable bonds is 8. The Morgan fingerprint density at radius 1 is 1.12 bits per heavy atom. The first-order valence-corrected chi connectivity index (χ1v) is 8.04. The van der Waals surface area contributed by atoms with E-state index in [2.05, 4.69) is 5.32 Å². The SMILES string of the molecule is CCCOc1cccc(C(=O)N[C@@H](CO)C(=O)O)c1-c1ccccc1. The van der Waals surface area contributed by atoms with E-state index >= 15 is 0 Å². The minimum Gasteiger partial charge on any atom is -0.493 e. The zero-order chi connectivity index (χ0) is 18.2. The number of aliphatic hydroxyl groups is 1. The van der Waals surface area contributed by atoms with Gasteiger partial charge in [0.25, 0.3) is 5.91 Å². The number of hydrogen-bond donors (Lipinski definition) is 3. The van der Waals surface area contributed by atoms with Crippen molar-refractivity contribution in [3.05, 3.63) is 54.1 Å². The average Bonchev–Trinajstić information content (AvgIpc) is 2.64. The molecule has 0 saturated heterocycles. The van der Waals surface area contributed by atoms with Crippen molar-refractivity contribution >= 4 is 11.9 Å². The fraction of sp³-hybridized carbons (Fsp3) is 0.263. The van der Waals surface area contributed by atoms with Crippen LogP contribution in [0.4, 0.5) is 0 Å². The minimum atomic E-state index is -1.36. The van der Waals surface area contributed by atoms with Crippen molar-refractivity contribution in [2.75, 3.05) is 13.2 Å². The molecule has 0 saturated carbocycles. The predicted octanol–water partition coefficient (Wildman–Crippen LogP) is 2.32. The van der Waals surface area contributed by atoms with Gasteiger partial charge in [0.05, 0.1) is 18.8 Å². The number of carboxylic acid groups (broad SMARTS) is 1. The molecule has 1 atom stereocenters. The molecule has 0 bridgehead atoms. The molecule has 0 spiro atoms. The maximum atomic E-state index is 12.6. The first-order chi connectivity index (χ1) is 12.1. The smallest absolute Gasteiger partial charge is 0.328 e. The van der Waals surface area contributed by atoms with Crippen molar-refractivity contribution in [1.82, 2.24) is 5.32 Å². The number of carbonyl (C=O) groups excluding carboxylic acids is 1. The van der Waals surface area contributed by atoms with E-state index < -0.39 is 24.5 Å². The molecule has 25 heavy (non-hydrogen) atoms. The highest BCUT2D eigenvalue weighted by molar-refractivity contribution is 6.03. The second kappa shape index (κ2) is 8.84. The third-order valence-electron chi connectivity index (χ3n) is 3.58. The summed E-state index contributed by atoms with van der Waals surface area (Å²) in [6.45, 7) is 1.80. The van der Waals surface area contributed by atoms with Crippen molar-refractivity contribution in [3.63, 3.8) is 0 Å². The van der Waals surface area contributed by atoms with E-state index in [0.29, 0.717) is 23.5 Å². The summed E-state index contributed by atoms with van der Waals surface area (Å²) in [4.78, 5) is 23.7. The quantitative estimate of drug-likeness (QED) is 0.684. The lowest BCUT2D eigenvalue weighted by molar-refractivity contribution is -0.140. The molecule has 6 heteroatoms. The van der Waals surface area contributed by atoms with Gasteiger partial charge in [0.2, 0.25) is 0 Å². The number of nitrogens with one attached hydrogen (secondary N) is 1. The highest BCUT2D eigenvalue weighted by Crippen LogP contribution is 2.33. The van der Waals surface area contributed by atoms with E-state index in [1.165, 1.54) is 0 Å². The molecule has 0 aromatic heterocycles. The third kappa shape index (κ3) is 4.58. The molecule has 0 radical (unpaired) electrons. The molecule has 2 aromatic carbocycles. The van der Waals surface area contributed by atoms with Crippen LogP contribution in [0.5, 0.6) is 5.75 Å². The maximum Gasteiger partial charge on any atom is 0.328 e. The number of carboxylic acids is 1. The van der Waals surface area contributed by atoms with Crippen molar-refractivity contribution in [3.8, 4) is 16.9 Å². The number of amides is 1. The van der Waals surface area contributed by atoms with Gasteiger partial charge in [-0.15, -0.1) is 0 Å². The Labute approximate surface area is 146 Å². The average molecular weight is 343 g/mol. The molecule has 2 rings (SSSR count). The van der Waals surface area contributed by atoms with Crippen molar-refractivity contribution < 1.29 is 24.5 Å². The van der Waals surface area contributed by atoms with Gasteiger partial charge in [0.1, 0.15) is 5.75 Å². The van der Waals surface area contributed by atoms with Crippen LogP contribution in [0.2, 0.25) is 0 Å². The first kappa shape index (κ1) is 18.5. The number of ether oxygens (including phenoxy) is 1. The Morgan fingerprint density at radius 2 is 1.84 bits per heavy atom. The molecule has 0 unspecified atom stereocenters. The predicted molar refractivity (Wildman–Crippen MR) is 93.6 cm³/mol. The number of aliphatic hydroxyl groups excluding tert-OH is 1. The van der Waals surface area contributed by atoms with Crippen LogP contribution >= 0.6 is 0 Å². The van der Waals surface area contributed by atoms with E-state index in [9.17, 15) is 9.59 Å². The molecule has 2 aromatic rings. The van der Waals surface area contributed by atoms with Gasteiger partial charge in [-0.25, -0.2) is 4.79 Å². The van der Waals surface area contributed by atoms with Crippen LogP contribution in [0, 0.1) is 0 Å². The summed E-state index contributed by atoms with van der Waals surface area (Å²) in [5, 5.41) is 20.5. The van der Waals surface area contributed by atoms with E-state index in [1.807, 2.05) is 37.3 Å². The summed E-state index contributed by atoms with van der Waals surface area (Å²) in [5.41, 5.74) is 1.67. The van der Waals surface area contributed by atoms with Gasteiger partial charge in [-0.05, 0) is 24.1 Å². The summed E-state index contributed by atoms with van der Waals surface area (Å²) in [6, 6.07) is 13.0. The minimum absolute atomic E-state index is 0.291. The second-order valence-electron chi connectivity index (χ2n) is 5.44. The van der Waals surface area contributed by atoms with Gasteiger partial charge < -0.3 is 20.3 Å². The molecule has 0 aliphatic heterocycles. The summed E-state index contributed by atoms with van der Waals surface area (Å²) in [6.07, 6.45) is 0.816. The Balaban J connectivity index is 2.46. The first-order valence-electron chi connectivity index (χ1n) is 8.04. The monoisotopic (exact) mass is 343 g/mol. The van der Waals surface area contributed by atoms with E-state index in [4.69, 9.17) is 14.9 Å². The van der Waals surface area contributed by atoms with Crippen molar-refractivity contribution in [2.24, 2.45) is 0 Å². The Morgan fingerprint density at radius 3 is 2.44 bits per heavy atom. The summed E-state index contributed by atoms with van der Waals surface area (Å²) < 4.78 is 5.76. The molecule has 3 N–H and O–H groups in total. The van der Waals surface area contributed by atoms with E-state index in [1.54, 1.807) is 18.2 Å². The summed E-state index contributed by atoms with van der Waals surface area (Å²) >= 11 is 0. The van der Waals surface area contributed by atoms with E-state index in [-0.39, 0.29) is 0 Å². The summed E-state index contributed by atoms with van der Waals surface area (Å²) in [5.74, 6) is -1.32. The number of carbonyl (C=O) groups is 2. The van der Waals surface area contributed by atoms with Gasteiger partial charge in [-0.1, -0.05) is 43.3 Å². The highest BCUT2D eigenvalue weighted by Gasteiger charge is 2.23. The third-order valence-corrected chi connectivity index (χ3v) is 3.58. The molecule has 132 valence electrons. The van der Waals surface area contributed by atoms with Crippen LogP contribution in [0.1, 0.15) is 23.7 Å². The number of benzene rings is 2. The molecule has 0 aliphatic carbocycles. The molecule has 6 nitrogen and oxygen atoms in total. The zero-order valence-electron chi connectivity index (χ0n) is 13.9. The molecule has 1 amide bonds. The molecular formula is C19H21NO5. The lowest BCUT2D eigenvalue weighted by Crippen LogP contribution is -2.43. The van der Waals surface area contributed by atoms with Crippen molar-refractivity contribution in [1.29, 1.82) is 0 Å². The maximum absolute atomic E-state index is 12.6. The largest absolute Gasteiger partial charge is 0.493 e. The van der Waals surface area contributed by atoms with Crippen LogP contribution in [0.25, 0.3) is 11.1 Å². The molecule has 0 fully saturated rings. The second-order valence-corrected chi connectivity index (χ2v) is 5.44. The topological polar surface area (TPSA) is 95.9 Å². The fourth-order valence-corrected chi connectivity index (χ4v) is 2.38. The van der Waals surface area contributed by atoms with Crippen LogP contribution in [0.15, 0.2) is 48.5 Å². The van der Waals surface area contributed by atoms with Gasteiger partial charge in [-0.2, -0.15) is 0 Å². The zero-order valence-corrected chi connectivity index (χ0v) is 13.9. The van der Waals surface area contributed by atoms with Gasteiger partial charge >= 0.3 is 5.97 Å². The molecule has 0 heterocycles. The number of aliphatic carboxylic acids is 1. The molecular weight excluding hydrogens is 322 g/mol. The Hall–Kier alpha value is -2.86. The van der Waals surface area contributed by atoms with Gasteiger partial charge in [0, 0.05) is 5.56 Å². The van der Waals surface area contributed by atoms with Crippen LogP contribution in [-0.2, 0) is 4.79 Å². The lowest BCUT2D eigenvalue weighted by atomic mass is 9.97. The highest BCUT2D eigenvalue weighted by atomic mass is 16.5. The van der Waals surface area contributed by atoms with E-state index in [0.717, 1.165) is 12.0 Å². The van der Waals surface area contributed by atoms with Crippen LogP contribution < -0.4 is 10.1 Å². The molecule has 0 aliphatic rings. The summed E-state index contributed by atoms with van der Waals surface area (Å²) in [7, 11) is 0. The van der Waals surface area contributed by atoms with Crippen LogP contribution in [-0.4, -0.2) is 41.3 Å². The van der Waals surface area contributed by atoms with Crippen molar-refractivity contribution in [2.45, 2.75) is 19.4 Å². The number of hydrogen-bond acceptors (Lipinski definition) is 4. The standard InChI is InChI=1S/C19H21NO5/c1-2-11-25-16-10-6-9-14(17(16)13-7-4-3-5-8-13)18(22)20-15(12-21)19(23)24/h3-10,15,21H,2,11-12H2,1H3,(H,20,22)(H,23,24)/t15-/m0/s1. The van der Waals surface area contributed by atoms with Gasteiger partial charge in [-0.3, -0.25) is 4.79 Å².